The van der Waals surface area contributed by atoms with Gasteiger partial charge in [-0.15, -0.1) is 12.4 Å². The maximum atomic E-state index is 12.0. The Hall–Kier alpha value is -0.620. The third-order valence-corrected chi connectivity index (χ3v) is 3.96. The van der Waals surface area contributed by atoms with Crippen molar-refractivity contribution in [2.24, 2.45) is 0 Å². The Bertz CT molecular complexity index is 435. The van der Waals surface area contributed by atoms with Crippen molar-refractivity contribution in [3.63, 3.8) is 0 Å². The molecule has 0 radical (unpaired) electrons. The zero-order valence-corrected chi connectivity index (χ0v) is 13.7. The van der Waals surface area contributed by atoms with Gasteiger partial charge in [0.2, 0.25) is 5.91 Å². The molecule has 6 heteroatoms. The van der Waals surface area contributed by atoms with Crippen molar-refractivity contribution < 1.29 is 9.90 Å². The predicted octanol–water partition coefficient (Wildman–Crippen LogP) is 2.16. The molecule has 3 N–H and O–H groups in total. The third-order valence-electron chi connectivity index (χ3n) is 3.43. The Morgan fingerprint density at radius 1 is 1.45 bits per heavy atom. The van der Waals surface area contributed by atoms with E-state index in [1.54, 1.807) is 0 Å². The minimum Gasteiger partial charge on any atom is -0.386 e. The van der Waals surface area contributed by atoms with Crippen LogP contribution in [0.2, 0.25) is 0 Å². The number of carbonyl (C=O) groups is 1. The van der Waals surface area contributed by atoms with Gasteiger partial charge in [0.15, 0.2) is 0 Å². The van der Waals surface area contributed by atoms with Crippen molar-refractivity contribution in [1.82, 2.24) is 10.6 Å². The standard InChI is InChI=1S/C14H19BrN2O2.ClH/c1-9(17-14(19)12-3-2-8-16-12)13(18)10-4-6-11(15)7-5-10;/h4-7,9,12-13,16,18H,2-3,8H2,1H3,(H,17,19);1H. The van der Waals surface area contributed by atoms with E-state index in [-0.39, 0.29) is 30.4 Å². The smallest absolute Gasteiger partial charge is 0.237 e. The van der Waals surface area contributed by atoms with Crippen LogP contribution in [0.1, 0.15) is 31.4 Å². The number of benzene rings is 1. The maximum Gasteiger partial charge on any atom is 0.237 e. The number of halogens is 2. The molecule has 4 nitrogen and oxygen atoms in total. The minimum absolute atomic E-state index is 0. The highest BCUT2D eigenvalue weighted by Gasteiger charge is 2.25. The molecule has 1 aromatic carbocycles. The SMILES string of the molecule is CC(NC(=O)C1CCCN1)C(O)c1ccc(Br)cc1.Cl. The summed E-state index contributed by atoms with van der Waals surface area (Å²) in [6.45, 7) is 2.71. The second-order valence-electron chi connectivity index (χ2n) is 4.94. The lowest BCUT2D eigenvalue weighted by molar-refractivity contribution is -0.124. The average Bonchev–Trinajstić information content (AvgIpc) is 2.92. The zero-order valence-electron chi connectivity index (χ0n) is 11.3. The van der Waals surface area contributed by atoms with Gasteiger partial charge in [0.05, 0.1) is 18.2 Å². The summed E-state index contributed by atoms with van der Waals surface area (Å²) >= 11 is 3.36. The van der Waals surface area contributed by atoms with Gasteiger partial charge in [-0.05, 0) is 44.0 Å². The van der Waals surface area contributed by atoms with Gasteiger partial charge in [0.25, 0.3) is 0 Å². The molecule has 1 aromatic rings. The van der Waals surface area contributed by atoms with Gasteiger partial charge in [0.1, 0.15) is 0 Å². The number of aliphatic hydroxyl groups excluding tert-OH is 1. The summed E-state index contributed by atoms with van der Waals surface area (Å²) in [6.07, 6.45) is 1.20. The van der Waals surface area contributed by atoms with E-state index in [0.717, 1.165) is 29.4 Å². The molecule has 20 heavy (non-hydrogen) atoms. The second kappa shape index (κ2) is 7.98. The van der Waals surface area contributed by atoms with Crippen molar-refractivity contribution >= 4 is 34.2 Å². The molecule has 0 saturated carbocycles. The molecule has 1 aliphatic heterocycles. The Labute approximate surface area is 133 Å². The predicted molar refractivity (Wildman–Crippen MR) is 85.0 cm³/mol. The first kappa shape index (κ1) is 17.4. The Kier molecular flexibility index (Phi) is 6.95. The molecule has 3 atom stereocenters. The topological polar surface area (TPSA) is 61.4 Å². The molecule has 3 unspecified atom stereocenters. The molecule has 1 saturated heterocycles. The van der Waals surface area contributed by atoms with Crippen LogP contribution in [0.3, 0.4) is 0 Å². The molecule has 0 bridgehead atoms. The van der Waals surface area contributed by atoms with Gasteiger partial charge in [0, 0.05) is 4.47 Å². The quantitative estimate of drug-likeness (QED) is 0.768. The summed E-state index contributed by atoms with van der Waals surface area (Å²) in [7, 11) is 0. The number of rotatable bonds is 4. The highest BCUT2D eigenvalue weighted by Crippen LogP contribution is 2.19. The molecular formula is C14H20BrClN2O2. The van der Waals surface area contributed by atoms with Crippen LogP contribution in [0.5, 0.6) is 0 Å². The van der Waals surface area contributed by atoms with E-state index in [9.17, 15) is 9.90 Å². The van der Waals surface area contributed by atoms with Gasteiger partial charge in [-0.2, -0.15) is 0 Å². The first-order valence-electron chi connectivity index (χ1n) is 6.55. The average molecular weight is 364 g/mol. The van der Waals surface area contributed by atoms with E-state index < -0.39 is 6.10 Å². The van der Waals surface area contributed by atoms with E-state index in [1.807, 2.05) is 31.2 Å². The first-order chi connectivity index (χ1) is 9.08. The number of carbonyl (C=O) groups excluding carboxylic acids is 1. The van der Waals surface area contributed by atoms with E-state index in [0.29, 0.717) is 0 Å². The van der Waals surface area contributed by atoms with Crippen LogP contribution < -0.4 is 10.6 Å². The fourth-order valence-corrected chi connectivity index (χ4v) is 2.53. The Morgan fingerprint density at radius 2 is 2.10 bits per heavy atom. The number of nitrogens with one attached hydrogen (secondary N) is 2. The van der Waals surface area contributed by atoms with Crippen molar-refractivity contribution in [2.75, 3.05) is 6.54 Å². The molecule has 0 spiro atoms. The largest absolute Gasteiger partial charge is 0.386 e. The van der Waals surface area contributed by atoms with Crippen molar-refractivity contribution in [3.8, 4) is 0 Å². The van der Waals surface area contributed by atoms with Crippen LogP contribution in [0.25, 0.3) is 0 Å². The van der Waals surface area contributed by atoms with Gasteiger partial charge in [-0.25, -0.2) is 0 Å². The summed E-state index contributed by atoms with van der Waals surface area (Å²) in [5.74, 6) is -0.0267. The third kappa shape index (κ3) is 4.45. The van der Waals surface area contributed by atoms with Crippen molar-refractivity contribution in [1.29, 1.82) is 0 Å². The van der Waals surface area contributed by atoms with Crippen molar-refractivity contribution in [3.05, 3.63) is 34.3 Å². The van der Waals surface area contributed by atoms with Crippen LogP contribution in [-0.2, 0) is 4.79 Å². The van der Waals surface area contributed by atoms with Gasteiger partial charge >= 0.3 is 0 Å². The number of hydrogen-bond acceptors (Lipinski definition) is 3. The molecule has 1 aliphatic rings. The monoisotopic (exact) mass is 362 g/mol. The number of amides is 1. The minimum atomic E-state index is -0.696. The van der Waals surface area contributed by atoms with E-state index >= 15 is 0 Å². The molecular weight excluding hydrogens is 344 g/mol. The maximum absolute atomic E-state index is 12.0. The summed E-state index contributed by atoms with van der Waals surface area (Å²) in [5.41, 5.74) is 0.801. The first-order valence-corrected chi connectivity index (χ1v) is 7.34. The lowest BCUT2D eigenvalue weighted by Gasteiger charge is -2.22. The Balaban J connectivity index is 0.00000200. The normalized spacial score (nSPS) is 20.9. The molecule has 0 aromatic heterocycles. The fourth-order valence-electron chi connectivity index (χ4n) is 2.26. The van der Waals surface area contributed by atoms with E-state index in [4.69, 9.17) is 0 Å². The summed E-state index contributed by atoms with van der Waals surface area (Å²) in [4.78, 5) is 12.0. The highest BCUT2D eigenvalue weighted by molar-refractivity contribution is 9.10. The summed E-state index contributed by atoms with van der Waals surface area (Å²) < 4.78 is 0.968. The molecule has 112 valence electrons. The van der Waals surface area contributed by atoms with Gasteiger partial charge in [-0.1, -0.05) is 28.1 Å². The molecule has 1 heterocycles. The second-order valence-corrected chi connectivity index (χ2v) is 5.86. The van der Waals surface area contributed by atoms with Crippen LogP contribution in [0, 0.1) is 0 Å². The van der Waals surface area contributed by atoms with E-state index in [2.05, 4.69) is 26.6 Å². The van der Waals surface area contributed by atoms with Crippen LogP contribution >= 0.6 is 28.3 Å². The highest BCUT2D eigenvalue weighted by atomic mass is 79.9. The lowest BCUT2D eigenvalue weighted by atomic mass is 10.0. The van der Waals surface area contributed by atoms with Crippen LogP contribution in [0.4, 0.5) is 0 Å². The number of aliphatic hydroxyl groups is 1. The molecule has 1 amide bonds. The van der Waals surface area contributed by atoms with Gasteiger partial charge in [-0.3, -0.25) is 4.79 Å². The summed E-state index contributed by atoms with van der Waals surface area (Å²) in [5, 5.41) is 16.2. The Morgan fingerprint density at radius 3 is 2.65 bits per heavy atom. The van der Waals surface area contributed by atoms with Crippen molar-refractivity contribution in [2.45, 2.75) is 38.0 Å². The molecule has 1 fully saturated rings. The lowest BCUT2D eigenvalue weighted by Crippen LogP contribution is -2.46. The number of hydrogen-bond donors (Lipinski definition) is 3. The molecule has 0 aliphatic carbocycles. The van der Waals surface area contributed by atoms with E-state index in [1.165, 1.54) is 0 Å². The van der Waals surface area contributed by atoms with Crippen LogP contribution in [0.15, 0.2) is 28.7 Å². The summed E-state index contributed by atoms with van der Waals surface area (Å²) in [6, 6.07) is 7.05. The molecule has 2 rings (SSSR count). The fraction of sp³-hybridized carbons (Fsp3) is 0.500. The zero-order chi connectivity index (χ0) is 13.8. The van der Waals surface area contributed by atoms with Crippen LogP contribution in [-0.4, -0.2) is 29.6 Å². The van der Waals surface area contributed by atoms with Gasteiger partial charge < -0.3 is 15.7 Å².